The maximum Gasteiger partial charge on any atom is 0.196 e. The quantitative estimate of drug-likeness (QED) is 0.544. The first-order chi connectivity index (χ1) is 12.7. The van der Waals surface area contributed by atoms with Gasteiger partial charge in [-0.15, -0.1) is 0 Å². The van der Waals surface area contributed by atoms with Gasteiger partial charge in [-0.1, -0.05) is 24.3 Å². The van der Waals surface area contributed by atoms with Gasteiger partial charge >= 0.3 is 0 Å². The van der Waals surface area contributed by atoms with Crippen molar-refractivity contribution in [1.82, 2.24) is 0 Å². The van der Waals surface area contributed by atoms with E-state index in [0.29, 0.717) is 46.7 Å². The number of rotatable bonds is 6. The zero-order valence-corrected chi connectivity index (χ0v) is 14.2. The first-order valence-corrected chi connectivity index (χ1v) is 8.25. The second-order valence-corrected chi connectivity index (χ2v) is 5.73. The fraction of sp³-hybridized carbons (Fsp3) is 0.100. The van der Waals surface area contributed by atoms with Gasteiger partial charge in [0, 0.05) is 35.6 Å². The Labute approximate surface area is 151 Å². The van der Waals surface area contributed by atoms with Crippen molar-refractivity contribution in [3.8, 4) is 0 Å². The van der Waals surface area contributed by atoms with E-state index >= 15 is 0 Å². The molecule has 0 amide bonds. The Kier molecular flexibility index (Phi) is 5.03. The molecule has 2 aromatic carbocycles. The summed E-state index contributed by atoms with van der Waals surface area (Å²) in [5.41, 5.74) is 13.5. The number of hydrogen-bond acceptors (Lipinski definition) is 6. The van der Waals surface area contributed by atoms with Crippen LogP contribution in [0, 0.1) is 0 Å². The molecule has 6 nitrogen and oxygen atoms in total. The third-order valence-electron chi connectivity index (χ3n) is 4.17. The standard InChI is InChI=1S/C20H20N4O2/c21-9-3-11-23-15-7-8-16(24-12-4-10-22)18-17(15)19(25)13-5-1-2-6-14(13)20(18)26/h1-10,23-24H,11-12,21-22H2. The highest BCUT2D eigenvalue weighted by Gasteiger charge is 2.33. The molecule has 0 heterocycles. The number of carbonyl (C=O) groups excluding carboxylic acids is 2. The van der Waals surface area contributed by atoms with E-state index in [1.807, 2.05) is 0 Å². The molecule has 6 N–H and O–H groups in total. The van der Waals surface area contributed by atoms with E-state index < -0.39 is 0 Å². The Morgan fingerprint density at radius 1 is 0.731 bits per heavy atom. The summed E-state index contributed by atoms with van der Waals surface area (Å²) in [6.45, 7) is 0.906. The van der Waals surface area contributed by atoms with Crippen LogP contribution < -0.4 is 22.1 Å². The molecule has 0 fully saturated rings. The van der Waals surface area contributed by atoms with Crippen molar-refractivity contribution in [3.63, 3.8) is 0 Å². The average molecular weight is 348 g/mol. The summed E-state index contributed by atoms with van der Waals surface area (Å²) in [7, 11) is 0. The third kappa shape index (κ3) is 3.04. The van der Waals surface area contributed by atoms with Crippen molar-refractivity contribution in [3.05, 3.63) is 83.2 Å². The SMILES string of the molecule is NC=CCNc1ccc(NCC=CN)c2c1C(=O)c1ccccc1C2=O. The topological polar surface area (TPSA) is 110 Å². The Bertz CT molecular complexity index is 842. The molecule has 0 atom stereocenters. The van der Waals surface area contributed by atoms with Crippen LogP contribution in [0.3, 0.4) is 0 Å². The minimum Gasteiger partial charge on any atom is -0.405 e. The van der Waals surface area contributed by atoms with Gasteiger partial charge in [0.2, 0.25) is 0 Å². The average Bonchev–Trinajstić information content (AvgIpc) is 2.67. The molecular weight excluding hydrogens is 328 g/mol. The third-order valence-corrected chi connectivity index (χ3v) is 4.17. The number of nitrogens with one attached hydrogen (secondary N) is 2. The normalized spacial score (nSPS) is 13.1. The van der Waals surface area contributed by atoms with Crippen molar-refractivity contribution < 1.29 is 9.59 Å². The zero-order valence-electron chi connectivity index (χ0n) is 14.2. The van der Waals surface area contributed by atoms with Crippen LogP contribution in [0.15, 0.2) is 61.0 Å². The fourth-order valence-electron chi connectivity index (χ4n) is 2.99. The lowest BCUT2D eigenvalue weighted by Gasteiger charge is -2.23. The van der Waals surface area contributed by atoms with Crippen LogP contribution in [-0.4, -0.2) is 24.7 Å². The van der Waals surface area contributed by atoms with E-state index in [1.165, 1.54) is 12.4 Å². The van der Waals surface area contributed by atoms with Gasteiger partial charge in [-0.3, -0.25) is 9.59 Å². The molecule has 0 aliphatic heterocycles. The first kappa shape index (κ1) is 17.3. The molecule has 0 bridgehead atoms. The number of ketones is 2. The van der Waals surface area contributed by atoms with Crippen LogP contribution >= 0.6 is 0 Å². The Morgan fingerprint density at radius 3 is 1.54 bits per heavy atom. The van der Waals surface area contributed by atoms with E-state index in [0.717, 1.165) is 0 Å². The van der Waals surface area contributed by atoms with E-state index in [-0.39, 0.29) is 11.6 Å². The van der Waals surface area contributed by atoms with E-state index in [9.17, 15) is 9.59 Å². The summed E-state index contributed by atoms with van der Waals surface area (Å²) in [6, 6.07) is 10.5. The van der Waals surface area contributed by atoms with Crippen LogP contribution in [0.25, 0.3) is 0 Å². The summed E-state index contributed by atoms with van der Waals surface area (Å²) in [5, 5.41) is 6.30. The van der Waals surface area contributed by atoms with Crippen molar-refractivity contribution in [2.75, 3.05) is 23.7 Å². The minimum atomic E-state index is -0.174. The van der Waals surface area contributed by atoms with Gasteiger partial charge in [0.05, 0.1) is 11.1 Å². The van der Waals surface area contributed by atoms with Crippen LogP contribution in [0.2, 0.25) is 0 Å². The lowest BCUT2D eigenvalue weighted by molar-refractivity contribution is 0.0980. The molecule has 0 radical (unpaired) electrons. The van der Waals surface area contributed by atoms with E-state index in [1.54, 1.807) is 48.6 Å². The van der Waals surface area contributed by atoms with Crippen LogP contribution in [-0.2, 0) is 0 Å². The van der Waals surface area contributed by atoms with Crippen molar-refractivity contribution in [2.45, 2.75) is 0 Å². The highest BCUT2D eigenvalue weighted by atomic mass is 16.1. The number of anilines is 2. The van der Waals surface area contributed by atoms with Gasteiger partial charge in [0.1, 0.15) is 0 Å². The molecule has 0 aromatic heterocycles. The monoisotopic (exact) mass is 348 g/mol. The van der Waals surface area contributed by atoms with E-state index in [4.69, 9.17) is 11.5 Å². The molecule has 2 aromatic rings. The molecule has 1 aliphatic rings. The van der Waals surface area contributed by atoms with Crippen LogP contribution in [0.1, 0.15) is 31.8 Å². The number of hydrogen-bond donors (Lipinski definition) is 4. The molecule has 0 spiro atoms. The van der Waals surface area contributed by atoms with Gasteiger partial charge in [0.15, 0.2) is 11.6 Å². The number of nitrogens with two attached hydrogens (primary N) is 2. The summed E-state index contributed by atoms with van der Waals surface area (Å²) in [4.78, 5) is 26.2. The van der Waals surface area contributed by atoms with Crippen molar-refractivity contribution >= 4 is 22.9 Å². The second kappa shape index (κ2) is 7.57. The number of benzene rings is 2. The van der Waals surface area contributed by atoms with Gasteiger partial charge < -0.3 is 22.1 Å². The lowest BCUT2D eigenvalue weighted by Crippen LogP contribution is -2.24. The van der Waals surface area contributed by atoms with Gasteiger partial charge in [-0.25, -0.2) is 0 Å². The molecule has 6 heteroatoms. The Hall–Kier alpha value is -3.54. The van der Waals surface area contributed by atoms with Crippen LogP contribution in [0.5, 0.6) is 0 Å². The Balaban J connectivity index is 2.13. The largest absolute Gasteiger partial charge is 0.405 e. The predicted octanol–water partition coefficient (Wildman–Crippen LogP) is 2.23. The molecule has 1 aliphatic carbocycles. The fourth-order valence-corrected chi connectivity index (χ4v) is 2.99. The molecule has 3 rings (SSSR count). The molecule has 132 valence electrons. The molecule has 26 heavy (non-hydrogen) atoms. The summed E-state index contributed by atoms with van der Waals surface area (Å²) < 4.78 is 0. The van der Waals surface area contributed by atoms with Crippen molar-refractivity contribution in [1.29, 1.82) is 0 Å². The summed E-state index contributed by atoms with van der Waals surface area (Å²) in [5.74, 6) is -0.347. The minimum absolute atomic E-state index is 0.174. The first-order valence-electron chi connectivity index (χ1n) is 8.25. The lowest BCUT2D eigenvalue weighted by atomic mass is 9.82. The zero-order chi connectivity index (χ0) is 18.5. The highest BCUT2D eigenvalue weighted by molar-refractivity contribution is 6.31. The predicted molar refractivity (Wildman–Crippen MR) is 103 cm³/mol. The number of fused-ring (bicyclic) bond motifs is 2. The molecule has 0 saturated heterocycles. The van der Waals surface area contributed by atoms with E-state index in [2.05, 4.69) is 10.6 Å². The van der Waals surface area contributed by atoms with Crippen molar-refractivity contribution in [2.24, 2.45) is 11.5 Å². The van der Waals surface area contributed by atoms with Gasteiger partial charge in [0.25, 0.3) is 0 Å². The summed E-state index contributed by atoms with van der Waals surface area (Å²) in [6.07, 6.45) is 6.31. The molecule has 0 unspecified atom stereocenters. The smallest absolute Gasteiger partial charge is 0.196 e. The highest BCUT2D eigenvalue weighted by Crippen LogP contribution is 2.36. The molecule has 0 saturated carbocycles. The van der Waals surface area contributed by atoms with Crippen LogP contribution in [0.4, 0.5) is 11.4 Å². The maximum atomic E-state index is 13.1. The molecular formula is C20H20N4O2. The maximum absolute atomic E-state index is 13.1. The van der Waals surface area contributed by atoms with Gasteiger partial charge in [-0.05, 0) is 36.7 Å². The Morgan fingerprint density at radius 2 is 1.15 bits per heavy atom. The number of carbonyl (C=O) groups is 2. The summed E-state index contributed by atoms with van der Waals surface area (Å²) >= 11 is 0. The second-order valence-electron chi connectivity index (χ2n) is 5.73. The van der Waals surface area contributed by atoms with Gasteiger partial charge in [-0.2, -0.15) is 0 Å².